The van der Waals surface area contributed by atoms with Crippen LogP contribution >= 0.6 is 15.9 Å². The van der Waals surface area contributed by atoms with Gasteiger partial charge in [0.05, 0.1) is 17.9 Å². The van der Waals surface area contributed by atoms with Gasteiger partial charge in [-0.25, -0.2) is 4.39 Å². The van der Waals surface area contributed by atoms with Crippen LogP contribution in [0, 0.1) is 12.7 Å². The van der Waals surface area contributed by atoms with Crippen molar-refractivity contribution in [1.29, 1.82) is 0 Å². The van der Waals surface area contributed by atoms with Crippen LogP contribution in [0.1, 0.15) is 5.69 Å². The predicted molar refractivity (Wildman–Crippen MR) is 72.5 cm³/mol. The van der Waals surface area contributed by atoms with Gasteiger partial charge >= 0.3 is 0 Å². The minimum Gasteiger partial charge on any atom is -0.374 e. The van der Waals surface area contributed by atoms with E-state index < -0.39 is 5.82 Å². The zero-order chi connectivity index (χ0) is 13.8. The Labute approximate surface area is 117 Å². The Balaban J connectivity index is 1.89. The third-order valence-electron chi connectivity index (χ3n) is 2.26. The topological polar surface area (TPSA) is 67.2 Å². The molecule has 1 heterocycles. The maximum atomic E-state index is 13.5. The first-order valence-electron chi connectivity index (χ1n) is 5.46. The summed E-state index contributed by atoms with van der Waals surface area (Å²) >= 11 is 3.16. The average Bonchev–Trinajstić information content (AvgIpc) is 2.73. The highest BCUT2D eigenvalue weighted by atomic mass is 79.9. The Morgan fingerprint density at radius 1 is 1.47 bits per heavy atom. The fourth-order valence-electron chi connectivity index (χ4n) is 1.41. The molecule has 1 amide bonds. The van der Waals surface area contributed by atoms with E-state index in [2.05, 4.69) is 31.7 Å². The van der Waals surface area contributed by atoms with Gasteiger partial charge in [0.15, 0.2) is 0 Å². The van der Waals surface area contributed by atoms with E-state index in [4.69, 9.17) is 4.52 Å². The van der Waals surface area contributed by atoms with Gasteiger partial charge in [0.25, 0.3) is 0 Å². The molecule has 19 heavy (non-hydrogen) atoms. The van der Waals surface area contributed by atoms with Gasteiger partial charge in [-0.1, -0.05) is 21.1 Å². The van der Waals surface area contributed by atoms with E-state index in [9.17, 15) is 9.18 Å². The molecule has 0 aliphatic heterocycles. The van der Waals surface area contributed by atoms with Gasteiger partial charge in [0.2, 0.25) is 11.8 Å². The molecular formula is C12H11BrFN3O2. The van der Waals surface area contributed by atoms with Crippen LogP contribution < -0.4 is 10.6 Å². The van der Waals surface area contributed by atoms with Gasteiger partial charge in [-0.2, -0.15) is 0 Å². The molecule has 0 bridgehead atoms. The largest absolute Gasteiger partial charge is 0.374 e. The molecule has 2 aromatic rings. The van der Waals surface area contributed by atoms with Crippen molar-refractivity contribution in [3.63, 3.8) is 0 Å². The number of hydrogen-bond donors (Lipinski definition) is 2. The minimum absolute atomic E-state index is 0.0711. The Hall–Kier alpha value is -1.89. The van der Waals surface area contributed by atoms with E-state index in [0.29, 0.717) is 10.2 Å². The Kier molecular flexibility index (Phi) is 4.16. The Morgan fingerprint density at radius 2 is 2.26 bits per heavy atom. The van der Waals surface area contributed by atoms with Crippen molar-refractivity contribution >= 4 is 33.4 Å². The van der Waals surface area contributed by atoms with Crippen LogP contribution in [0.2, 0.25) is 0 Å². The van der Waals surface area contributed by atoms with Crippen molar-refractivity contribution < 1.29 is 13.7 Å². The molecule has 100 valence electrons. The van der Waals surface area contributed by atoms with Crippen molar-refractivity contribution in [2.24, 2.45) is 0 Å². The first-order chi connectivity index (χ1) is 9.04. The van der Waals surface area contributed by atoms with Crippen molar-refractivity contribution in [2.45, 2.75) is 6.92 Å². The van der Waals surface area contributed by atoms with Gasteiger partial charge in [0.1, 0.15) is 5.82 Å². The lowest BCUT2D eigenvalue weighted by molar-refractivity contribution is -0.114. The van der Waals surface area contributed by atoms with Crippen LogP contribution in [0.4, 0.5) is 16.0 Å². The normalized spacial score (nSPS) is 10.3. The standard InChI is InChI=1S/C12H11BrFN3O2/c1-7-4-12(19-17-7)16-11(18)6-15-10-3-2-8(13)5-9(10)14/h2-5,15H,6H2,1H3,(H,16,18). The molecule has 1 aromatic heterocycles. The number of carbonyl (C=O) groups is 1. The van der Waals surface area contributed by atoms with Crippen LogP contribution in [0.5, 0.6) is 0 Å². The lowest BCUT2D eigenvalue weighted by atomic mass is 10.3. The second-order valence-corrected chi connectivity index (χ2v) is 4.77. The van der Waals surface area contributed by atoms with Gasteiger partial charge < -0.3 is 9.84 Å². The van der Waals surface area contributed by atoms with Crippen molar-refractivity contribution in [1.82, 2.24) is 5.16 Å². The maximum Gasteiger partial charge on any atom is 0.246 e. The molecule has 0 fully saturated rings. The molecule has 0 aliphatic carbocycles. The van der Waals surface area contributed by atoms with Gasteiger partial charge in [-0.3, -0.25) is 10.1 Å². The summed E-state index contributed by atoms with van der Waals surface area (Å²) in [5.74, 6) is -0.517. The number of benzene rings is 1. The van der Waals surface area contributed by atoms with Crippen molar-refractivity contribution in [3.8, 4) is 0 Å². The van der Waals surface area contributed by atoms with Crippen LogP contribution in [-0.4, -0.2) is 17.6 Å². The Bertz CT molecular complexity index is 600. The third-order valence-corrected chi connectivity index (χ3v) is 2.75. The molecule has 0 saturated heterocycles. The second-order valence-electron chi connectivity index (χ2n) is 3.86. The van der Waals surface area contributed by atoms with Crippen molar-refractivity contribution in [2.75, 3.05) is 17.2 Å². The summed E-state index contributed by atoms with van der Waals surface area (Å²) < 4.78 is 19.0. The molecule has 2 rings (SSSR count). The molecule has 1 aromatic carbocycles. The highest BCUT2D eigenvalue weighted by Gasteiger charge is 2.08. The molecular weight excluding hydrogens is 317 g/mol. The Morgan fingerprint density at radius 3 is 2.89 bits per heavy atom. The fraction of sp³-hybridized carbons (Fsp3) is 0.167. The summed E-state index contributed by atoms with van der Waals surface area (Å²) in [7, 11) is 0. The van der Waals surface area contributed by atoms with E-state index in [-0.39, 0.29) is 24.0 Å². The number of amides is 1. The fourth-order valence-corrected chi connectivity index (χ4v) is 1.75. The number of hydrogen-bond acceptors (Lipinski definition) is 4. The second kappa shape index (κ2) is 5.83. The van der Waals surface area contributed by atoms with Gasteiger partial charge in [0, 0.05) is 10.5 Å². The number of anilines is 2. The SMILES string of the molecule is Cc1cc(NC(=O)CNc2ccc(Br)cc2F)on1. The van der Waals surface area contributed by atoms with E-state index in [1.165, 1.54) is 6.07 Å². The van der Waals surface area contributed by atoms with Crippen LogP contribution in [-0.2, 0) is 4.79 Å². The first-order valence-corrected chi connectivity index (χ1v) is 6.26. The lowest BCUT2D eigenvalue weighted by Crippen LogP contribution is -2.21. The molecule has 0 radical (unpaired) electrons. The summed E-state index contributed by atoms with van der Waals surface area (Å²) in [4.78, 5) is 11.6. The quantitative estimate of drug-likeness (QED) is 0.906. The maximum absolute atomic E-state index is 13.5. The van der Waals surface area contributed by atoms with Crippen LogP contribution in [0.15, 0.2) is 33.3 Å². The third kappa shape index (κ3) is 3.78. The summed E-state index contributed by atoms with van der Waals surface area (Å²) in [5.41, 5.74) is 0.925. The highest BCUT2D eigenvalue weighted by molar-refractivity contribution is 9.10. The van der Waals surface area contributed by atoms with Crippen LogP contribution in [0.3, 0.4) is 0 Å². The summed E-state index contributed by atoms with van der Waals surface area (Å²) in [6.45, 7) is 1.67. The molecule has 0 aliphatic rings. The number of aryl methyl sites for hydroxylation is 1. The summed E-state index contributed by atoms with van der Waals surface area (Å²) in [6.07, 6.45) is 0. The average molecular weight is 328 g/mol. The molecule has 2 N–H and O–H groups in total. The van der Waals surface area contributed by atoms with Crippen LogP contribution in [0.25, 0.3) is 0 Å². The van der Waals surface area contributed by atoms with Gasteiger partial charge in [-0.15, -0.1) is 0 Å². The summed E-state index contributed by atoms with van der Waals surface area (Å²) in [5, 5.41) is 8.83. The van der Waals surface area contributed by atoms with E-state index in [1.807, 2.05) is 0 Å². The lowest BCUT2D eigenvalue weighted by Gasteiger charge is -2.07. The molecule has 0 spiro atoms. The molecule has 0 atom stereocenters. The van der Waals surface area contributed by atoms with Gasteiger partial charge in [-0.05, 0) is 25.1 Å². The number of nitrogens with one attached hydrogen (secondary N) is 2. The zero-order valence-corrected chi connectivity index (χ0v) is 11.6. The highest BCUT2D eigenvalue weighted by Crippen LogP contribution is 2.19. The number of rotatable bonds is 4. The smallest absolute Gasteiger partial charge is 0.246 e. The van der Waals surface area contributed by atoms with E-state index >= 15 is 0 Å². The molecule has 0 unspecified atom stereocenters. The molecule has 5 nitrogen and oxygen atoms in total. The van der Waals surface area contributed by atoms with E-state index in [0.717, 1.165) is 0 Å². The number of carbonyl (C=O) groups excluding carboxylic acids is 1. The molecule has 7 heteroatoms. The van der Waals surface area contributed by atoms with E-state index in [1.54, 1.807) is 25.1 Å². The number of aromatic nitrogens is 1. The predicted octanol–water partition coefficient (Wildman–Crippen LogP) is 2.94. The zero-order valence-electron chi connectivity index (χ0n) is 10.0. The van der Waals surface area contributed by atoms with Crippen molar-refractivity contribution in [3.05, 3.63) is 40.2 Å². The first kappa shape index (κ1) is 13.5. The molecule has 0 saturated carbocycles. The summed E-state index contributed by atoms with van der Waals surface area (Å²) in [6, 6.07) is 6.15. The number of halogens is 2. The monoisotopic (exact) mass is 327 g/mol. The number of nitrogens with zero attached hydrogens (tertiary/aromatic N) is 1. The minimum atomic E-state index is -0.433.